The van der Waals surface area contributed by atoms with Crippen molar-refractivity contribution in [3.63, 3.8) is 0 Å². The van der Waals surface area contributed by atoms with Crippen molar-refractivity contribution in [2.75, 3.05) is 13.2 Å². The number of ether oxygens (including phenoxy) is 2. The van der Waals surface area contributed by atoms with Crippen LogP contribution in [0.5, 0.6) is 11.5 Å². The Morgan fingerprint density at radius 1 is 1.05 bits per heavy atom. The number of aryl methyl sites for hydroxylation is 1. The molecule has 0 spiro atoms. The van der Waals surface area contributed by atoms with Crippen molar-refractivity contribution in [1.82, 2.24) is 0 Å². The zero-order chi connectivity index (χ0) is 15.1. The molecule has 0 unspecified atom stereocenters. The highest BCUT2D eigenvalue weighted by molar-refractivity contribution is 6.00. The molecule has 0 aromatic heterocycles. The molecular formula is C17H19NO3. The normalized spacial score (nSPS) is 11.2. The van der Waals surface area contributed by atoms with Gasteiger partial charge in [0.05, 0.1) is 5.71 Å². The van der Waals surface area contributed by atoms with Gasteiger partial charge in [-0.2, -0.15) is 0 Å². The molecule has 0 aliphatic carbocycles. The summed E-state index contributed by atoms with van der Waals surface area (Å²) in [6.45, 7) is 4.59. The van der Waals surface area contributed by atoms with Gasteiger partial charge < -0.3 is 14.7 Å². The maximum atomic E-state index is 8.91. The van der Waals surface area contributed by atoms with E-state index in [1.807, 2.05) is 55.5 Å². The van der Waals surface area contributed by atoms with Gasteiger partial charge in [0.2, 0.25) is 0 Å². The van der Waals surface area contributed by atoms with Crippen molar-refractivity contribution in [3.8, 4) is 11.5 Å². The number of rotatable bonds is 6. The number of hydrogen-bond donors (Lipinski definition) is 1. The number of para-hydroxylation sites is 1. The van der Waals surface area contributed by atoms with Crippen molar-refractivity contribution < 1.29 is 14.7 Å². The lowest BCUT2D eigenvalue weighted by molar-refractivity contribution is 0.216. The Morgan fingerprint density at radius 3 is 2.48 bits per heavy atom. The number of benzene rings is 2. The van der Waals surface area contributed by atoms with Crippen LogP contribution in [0.3, 0.4) is 0 Å². The molecule has 2 aromatic rings. The van der Waals surface area contributed by atoms with Crippen molar-refractivity contribution in [1.29, 1.82) is 0 Å². The molecule has 1 N–H and O–H groups in total. The lowest BCUT2D eigenvalue weighted by Gasteiger charge is -2.12. The predicted octanol–water partition coefficient (Wildman–Crippen LogP) is 3.65. The molecule has 21 heavy (non-hydrogen) atoms. The average Bonchev–Trinajstić information content (AvgIpc) is 2.52. The fourth-order valence-corrected chi connectivity index (χ4v) is 1.93. The van der Waals surface area contributed by atoms with Gasteiger partial charge >= 0.3 is 0 Å². The largest absolute Gasteiger partial charge is 0.490 e. The highest BCUT2D eigenvalue weighted by Gasteiger charge is 2.08. The molecule has 0 saturated carbocycles. The van der Waals surface area contributed by atoms with Crippen LogP contribution in [-0.4, -0.2) is 24.1 Å². The Kier molecular flexibility index (Phi) is 5.21. The third kappa shape index (κ3) is 4.24. The maximum absolute atomic E-state index is 8.91. The molecule has 2 aromatic carbocycles. The highest BCUT2D eigenvalue weighted by Crippen LogP contribution is 2.21. The molecule has 2 rings (SSSR count). The topological polar surface area (TPSA) is 51.1 Å². The van der Waals surface area contributed by atoms with E-state index in [2.05, 4.69) is 5.16 Å². The fourth-order valence-electron chi connectivity index (χ4n) is 1.93. The highest BCUT2D eigenvalue weighted by atomic mass is 16.5. The molecular weight excluding hydrogens is 266 g/mol. The Morgan fingerprint density at radius 2 is 1.76 bits per heavy atom. The second kappa shape index (κ2) is 7.33. The minimum absolute atomic E-state index is 0.421. The molecule has 0 fully saturated rings. The summed E-state index contributed by atoms with van der Waals surface area (Å²) in [5.41, 5.74) is 2.39. The van der Waals surface area contributed by atoms with E-state index >= 15 is 0 Å². The molecule has 110 valence electrons. The van der Waals surface area contributed by atoms with Crippen LogP contribution < -0.4 is 9.47 Å². The zero-order valence-electron chi connectivity index (χ0n) is 12.2. The quantitative estimate of drug-likeness (QED) is 0.381. The van der Waals surface area contributed by atoms with E-state index in [9.17, 15) is 0 Å². The van der Waals surface area contributed by atoms with E-state index in [0.717, 1.165) is 16.9 Å². The van der Waals surface area contributed by atoms with Crippen LogP contribution in [0.4, 0.5) is 0 Å². The third-order valence-corrected chi connectivity index (χ3v) is 3.03. The first-order chi connectivity index (χ1) is 10.2. The minimum atomic E-state index is 0.421. The van der Waals surface area contributed by atoms with Crippen molar-refractivity contribution in [2.45, 2.75) is 13.8 Å². The van der Waals surface area contributed by atoms with Crippen molar-refractivity contribution in [3.05, 3.63) is 59.7 Å². The summed E-state index contributed by atoms with van der Waals surface area (Å²) in [5.74, 6) is 1.51. The average molecular weight is 285 g/mol. The predicted molar refractivity (Wildman–Crippen MR) is 82.6 cm³/mol. The van der Waals surface area contributed by atoms with E-state index in [0.29, 0.717) is 24.7 Å². The molecule has 0 atom stereocenters. The third-order valence-electron chi connectivity index (χ3n) is 3.03. The number of nitrogens with zero attached hydrogens (tertiary/aromatic N) is 1. The van der Waals surface area contributed by atoms with Crippen LogP contribution in [0.25, 0.3) is 0 Å². The van der Waals surface area contributed by atoms with Crippen LogP contribution in [-0.2, 0) is 0 Å². The summed E-state index contributed by atoms with van der Waals surface area (Å²) < 4.78 is 11.3. The number of oxime groups is 1. The van der Waals surface area contributed by atoms with Gasteiger partial charge in [-0.15, -0.1) is 0 Å². The smallest absolute Gasteiger partial charge is 0.128 e. The SMILES string of the molecule is CC(=NO)c1ccc(C)cc1OCCOc1ccccc1. The van der Waals surface area contributed by atoms with Gasteiger partial charge in [0.25, 0.3) is 0 Å². The first-order valence-corrected chi connectivity index (χ1v) is 6.81. The van der Waals surface area contributed by atoms with Crippen molar-refractivity contribution in [2.24, 2.45) is 5.16 Å². The monoisotopic (exact) mass is 285 g/mol. The Labute approximate surface area is 124 Å². The van der Waals surface area contributed by atoms with Crippen LogP contribution in [0, 0.1) is 6.92 Å². The standard InChI is InChI=1S/C17H19NO3/c1-13-8-9-16(14(2)18-19)17(12-13)21-11-10-20-15-6-4-3-5-7-15/h3-9,12,19H,10-11H2,1-2H3. The van der Waals surface area contributed by atoms with Crippen molar-refractivity contribution >= 4 is 5.71 Å². The van der Waals surface area contributed by atoms with E-state index in [1.54, 1.807) is 6.92 Å². The first-order valence-electron chi connectivity index (χ1n) is 6.81. The van der Waals surface area contributed by atoms with E-state index < -0.39 is 0 Å². The Bertz CT molecular complexity index is 609. The van der Waals surface area contributed by atoms with Crippen LogP contribution in [0.15, 0.2) is 53.7 Å². The van der Waals surface area contributed by atoms with E-state index in [-0.39, 0.29) is 0 Å². The van der Waals surface area contributed by atoms with Gasteiger partial charge in [0, 0.05) is 5.56 Å². The van der Waals surface area contributed by atoms with Crippen LogP contribution in [0.2, 0.25) is 0 Å². The lowest BCUT2D eigenvalue weighted by Crippen LogP contribution is -2.11. The molecule has 4 nitrogen and oxygen atoms in total. The molecule has 0 aliphatic rings. The fraction of sp³-hybridized carbons (Fsp3) is 0.235. The molecule has 0 radical (unpaired) electrons. The van der Waals surface area contributed by atoms with Gasteiger partial charge in [-0.3, -0.25) is 0 Å². The summed E-state index contributed by atoms with van der Waals surface area (Å²) in [4.78, 5) is 0. The van der Waals surface area contributed by atoms with Crippen LogP contribution in [0.1, 0.15) is 18.1 Å². The summed E-state index contributed by atoms with van der Waals surface area (Å²) in [5, 5.41) is 12.1. The summed E-state index contributed by atoms with van der Waals surface area (Å²) >= 11 is 0. The minimum Gasteiger partial charge on any atom is -0.490 e. The molecule has 0 bridgehead atoms. The first kappa shape index (κ1) is 14.9. The van der Waals surface area contributed by atoms with Crippen LogP contribution >= 0.6 is 0 Å². The van der Waals surface area contributed by atoms with Gasteiger partial charge in [-0.05, 0) is 43.7 Å². The maximum Gasteiger partial charge on any atom is 0.128 e. The van der Waals surface area contributed by atoms with Gasteiger partial charge in [0.1, 0.15) is 24.7 Å². The lowest BCUT2D eigenvalue weighted by atomic mass is 10.1. The number of hydrogen-bond acceptors (Lipinski definition) is 4. The summed E-state index contributed by atoms with van der Waals surface area (Å²) in [6, 6.07) is 15.4. The summed E-state index contributed by atoms with van der Waals surface area (Å²) in [7, 11) is 0. The molecule has 0 amide bonds. The van der Waals surface area contributed by atoms with Gasteiger partial charge in [-0.25, -0.2) is 0 Å². The molecule has 0 saturated heterocycles. The van der Waals surface area contributed by atoms with E-state index in [1.165, 1.54) is 0 Å². The Balaban J connectivity index is 1.95. The molecule has 0 heterocycles. The van der Waals surface area contributed by atoms with E-state index in [4.69, 9.17) is 14.7 Å². The van der Waals surface area contributed by atoms with Gasteiger partial charge in [-0.1, -0.05) is 29.4 Å². The second-order valence-corrected chi connectivity index (χ2v) is 4.69. The second-order valence-electron chi connectivity index (χ2n) is 4.69. The summed E-state index contributed by atoms with van der Waals surface area (Å²) in [6.07, 6.45) is 0. The van der Waals surface area contributed by atoms with Gasteiger partial charge in [0.15, 0.2) is 0 Å². The Hall–Kier alpha value is -2.49. The molecule has 4 heteroatoms. The molecule has 0 aliphatic heterocycles. The zero-order valence-corrected chi connectivity index (χ0v) is 12.2.